The van der Waals surface area contributed by atoms with Gasteiger partial charge in [0.1, 0.15) is 0 Å². The molecule has 0 aliphatic rings. The van der Waals surface area contributed by atoms with Gasteiger partial charge < -0.3 is 0 Å². The molecule has 0 amide bonds. The second-order valence-electron chi connectivity index (χ2n) is 2.64. The maximum Gasteiger partial charge on any atom is 0.0372 e. The molecule has 1 aromatic heterocycles. The highest BCUT2D eigenvalue weighted by Gasteiger charge is 1.90. The SMILES string of the molecule is C=CCCc1ccc(C)nc1. The maximum atomic E-state index is 4.20. The van der Waals surface area contributed by atoms with E-state index in [1.54, 1.807) is 0 Å². The summed E-state index contributed by atoms with van der Waals surface area (Å²) >= 11 is 0. The molecule has 58 valence electrons. The molecule has 0 aliphatic carbocycles. The second-order valence-corrected chi connectivity index (χ2v) is 2.64. The van der Waals surface area contributed by atoms with Gasteiger partial charge in [-0.15, -0.1) is 6.58 Å². The van der Waals surface area contributed by atoms with Gasteiger partial charge in [-0.25, -0.2) is 0 Å². The molecule has 1 rings (SSSR count). The lowest BCUT2D eigenvalue weighted by atomic mass is 10.1. The molecule has 0 saturated heterocycles. The van der Waals surface area contributed by atoms with Crippen molar-refractivity contribution in [3.05, 3.63) is 42.2 Å². The Labute approximate surface area is 67.8 Å². The van der Waals surface area contributed by atoms with E-state index in [4.69, 9.17) is 0 Å². The molecule has 0 aromatic carbocycles. The third-order valence-electron chi connectivity index (χ3n) is 1.61. The summed E-state index contributed by atoms with van der Waals surface area (Å²) in [5.41, 5.74) is 2.36. The Hall–Kier alpha value is -1.11. The summed E-state index contributed by atoms with van der Waals surface area (Å²) in [6, 6.07) is 4.16. The molecule has 1 aromatic rings. The Morgan fingerprint density at radius 1 is 1.55 bits per heavy atom. The highest BCUT2D eigenvalue weighted by molar-refractivity contribution is 5.13. The van der Waals surface area contributed by atoms with Crippen molar-refractivity contribution in [3.8, 4) is 0 Å². The van der Waals surface area contributed by atoms with Crippen LogP contribution in [-0.2, 0) is 6.42 Å². The standard InChI is InChI=1S/C10H13N/c1-3-4-5-10-7-6-9(2)11-8-10/h3,6-8H,1,4-5H2,2H3. The highest BCUT2D eigenvalue weighted by atomic mass is 14.6. The molecule has 0 aliphatic heterocycles. The largest absolute Gasteiger partial charge is 0.261 e. The lowest BCUT2D eigenvalue weighted by Crippen LogP contribution is -1.86. The van der Waals surface area contributed by atoms with E-state index in [2.05, 4.69) is 17.6 Å². The molecule has 0 unspecified atom stereocenters. The molecule has 0 bridgehead atoms. The van der Waals surface area contributed by atoms with Gasteiger partial charge in [0.2, 0.25) is 0 Å². The van der Waals surface area contributed by atoms with Gasteiger partial charge in [-0.2, -0.15) is 0 Å². The monoisotopic (exact) mass is 147 g/mol. The third kappa shape index (κ3) is 2.54. The Morgan fingerprint density at radius 2 is 2.36 bits per heavy atom. The van der Waals surface area contributed by atoms with Crippen molar-refractivity contribution in [2.45, 2.75) is 19.8 Å². The molecule has 0 fully saturated rings. The minimum absolute atomic E-state index is 1.03. The van der Waals surface area contributed by atoms with Gasteiger partial charge in [0, 0.05) is 11.9 Å². The molecule has 0 atom stereocenters. The Bertz CT molecular complexity index is 223. The topological polar surface area (TPSA) is 12.9 Å². The van der Waals surface area contributed by atoms with Crippen molar-refractivity contribution in [2.75, 3.05) is 0 Å². The van der Waals surface area contributed by atoms with Crippen molar-refractivity contribution in [1.29, 1.82) is 0 Å². The summed E-state index contributed by atoms with van der Waals surface area (Å²) in [4.78, 5) is 4.20. The number of rotatable bonds is 3. The third-order valence-corrected chi connectivity index (χ3v) is 1.61. The molecule has 0 saturated carbocycles. The van der Waals surface area contributed by atoms with Gasteiger partial charge in [0.25, 0.3) is 0 Å². The van der Waals surface area contributed by atoms with E-state index < -0.39 is 0 Å². The van der Waals surface area contributed by atoms with Gasteiger partial charge in [0.15, 0.2) is 0 Å². The fraction of sp³-hybridized carbons (Fsp3) is 0.300. The van der Waals surface area contributed by atoms with Crippen LogP contribution in [0.1, 0.15) is 17.7 Å². The second kappa shape index (κ2) is 3.91. The first-order valence-corrected chi connectivity index (χ1v) is 3.85. The van der Waals surface area contributed by atoms with Crippen LogP contribution >= 0.6 is 0 Å². The summed E-state index contributed by atoms with van der Waals surface area (Å²) in [6.45, 7) is 5.67. The number of hydrogen-bond donors (Lipinski definition) is 0. The van der Waals surface area contributed by atoms with Gasteiger partial charge >= 0.3 is 0 Å². The van der Waals surface area contributed by atoms with Crippen LogP contribution in [-0.4, -0.2) is 4.98 Å². The Morgan fingerprint density at radius 3 is 2.91 bits per heavy atom. The summed E-state index contributed by atoms with van der Waals surface area (Å²) in [5.74, 6) is 0. The Kier molecular flexibility index (Phi) is 2.84. The van der Waals surface area contributed by atoms with Crippen LogP contribution in [0.3, 0.4) is 0 Å². The van der Waals surface area contributed by atoms with Crippen LogP contribution in [0.25, 0.3) is 0 Å². The fourth-order valence-corrected chi connectivity index (χ4v) is 0.915. The summed E-state index contributed by atoms with van der Waals surface area (Å²) in [7, 11) is 0. The van der Waals surface area contributed by atoms with E-state index in [-0.39, 0.29) is 0 Å². The van der Waals surface area contributed by atoms with Gasteiger partial charge in [0.05, 0.1) is 0 Å². The molecular formula is C10H13N. The number of allylic oxidation sites excluding steroid dienone is 1. The van der Waals surface area contributed by atoms with Crippen LogP contribution in [0.4, 0.5) is 0 Å². The molecule has 1 heterocycles. The zero-order chi connectivity index (χ0) is 8.10. The predicted molar refractivity (Wildman–Crippen MR) is 47.5 cm³/mol. The van der Waals surface area contributed by atoms with Crippen molar-refractivity contribution in [1.82, 2.24) is 4.98 Å². The predicted octanol–water partition coefficient (Wildman–Crippen LogP) is 2.51. The first-order chi connectivity index (χ1) is 5.33. The number of pyridine rings is 1. The van der Waals surface area contributed by atoms with Crippen LogP contribution < -0.4 is 0 Å². The first-order valence-electron chi connectivity index (χ1n) is 3.85. The van der Waals surface area contributed by atoms with Gasteiger partial charge in [-0.1, -0.05) is 12.1 Å². The number of aromatic nitrogens is 1. The Balaban J connectivity index is 2.58. The summed E-state index contributed by atoms with van der Waals surface area (Å²) < 4.78 is 0. The average Bonchev–Trinajstić information content (AvgIpc) is 2.04. The molecule has 0 spiro atoms. The van der Waals surface area contributed by atoms with E-state index >= 15 is 0 Å². The minimum Gasteiger partial charge on any atom is -0.261 e. The van der Waals surface area contributed by atoms with Crippen molar-refractivity contribution in [3.63, 3.8) is 0 Å². The van der Waals surface area contributed by atoms with E-state index in [0.717, 1.165) is 18.5 Å². The number of nitrogens with zero attached hydrogens (tertiary/aromatic N) is 1. The highest BCUT2D eigenvalue weighted by Crippen LogP contribution is 2.02. The van der Waals surface area contributed by atoms with Crippen LogP contribution in [0.15, 0.2) is 31.0 Å². The number of hydrogen-bond acceptors (Lipinski definition) is 1. The molecule has 11 heavy (non-hydrogen) atoms. The van der Waals surface area contributed by atoms with E-state index in [1.165, 1.54) is 5.56 Å². The lowest BCUT2D eigenvalue weighted by molar-refractivity contribution is 0.982. The van der Waals surface area contributed by atoms with Crippen LogP contribution in [0.2, 0.25) is 0 Å². The summed E-state index contributed by atoms with van der Waals surface area (Å²) in [5, 5.41) is 0. The smallest absolute Gasteiger partial charge is 0.0372 e. The fourth-order valence-electron chi connectivity index (χ4n) is 0.915. The normalized spacial score (nSPS) is 9.55. The van der Waals surface area contributed by atoms with Gasteiger partial charge in [-0.3, -0.25) is 4.98 Å². The van der Waals surface area contributed by atoms with Crippen molar-refractivity contribution < 1.29 is 0 Å². The molecule has 0 radical (unpaired) electrons. The van der Waals surface area contributed by atoms with Crippen LogP contribution in [0, 0.1) is 6.92 Å². The number of aryl methyl sites for hydroxylation is 2. The maximum absolute atomic E-state index is 4.20. The zero-order valence-corrected chi connectivity index (χ0v) is 6.88. The minimum atomic E-state index is 1.03. The average molecular weight is 147 g/mol. The first kappa shape index (κ1) is 7.99. The molecule has 1 heteroatoms. The van der Waals surface area contributed by atoms with Crippen molar-refractivity contribution in [2.24, 2.45) is 0 Å². The molecule has 1 nitrogen and oxygen atoms in total. The molecule has 0 N–H and O–H groups in total. The van der Waals surface area contributed by atoms with E-state index in [0.29, 0.717) is 0 Å². The summed E-state index contributed by atoms with van der Waals surface area (Å²) in [6.07, 6.45) is 5.94. The van der Waals surface area contributed by atoms with E-state index in [1.807, 2.05) is 25.3 Å². The zero-order valence-electron chi connectivity index (χ0n) is 6.88. The van der Waals surface area contributed by atoms with E-state index in [9.17, 15) is 0 Å². The van der Waals surface area contributed by atoms with Gasteiger partial charge in [-0.05, 0) is 31.4 Å². The van der Waals surface area contributed by atoms with Crippen molar-refractivity contribution >= 4 is 0 Å². The lowest BCUT2D eigenvalue weighted by Gasteiger charge is -1.96. The van der Waals surface area contributed by atoms with Crippen LogP contribution in [0.5, 0.6) is 0 Å². The quantitative estimate of drug-likeness (QED) is 0.598. The molecular weight excluding hydrogens is 134 g/mol.